The van der Waals surface area contributed by atoms with Gasteiger partial charge < -0.3 is 14.8 Å². The van der Waals surface area contributed by atoms with Crippen molar-refractivity contribution in [3.63, 3.8) is 0 Å². The molecule has 0 saturated carbocycles. The Morgan fingerprint density at radius 1 is 1.43 bits per heavy atom. The Labute approximate surface area is 126 Å². The molecule has 1 N–H and O–H groups in total. The first-order chi connectivity index (χ1) is 9.87. The van der Waals surface area contributed by atoms with Crippen molar-refractivity contribution in [3.05, 3.63) is 29.8 Å². The first kappa shape index (κ1) is 15.8. The minimum atomic E-state index is -0.717. The van der Waals surface area contributed by atoms with Crippen LogP contribution in [0.1, 0.15) is 39.2 Å². The fraction of sp³-hybridized carbons (Fsp3) is 0.588. The summed E-state index contributed by atoms with van der Waals surface area (Å²) in [6.45, 7) is 8.83. The smallest absolute Gasteiger partial charge is 0.331 e. The van der Waals surface area contributed by atoms with E-state index < -0.39 is 5.54 Å². The standard InChI is InChI=1S/C17H25NO3/c1-5-20-15(19)17(9-10-21-16(3,4)12-17)18-14-8-6-7-13(2)11-14/h6-8,11,18H,5,9-10,12H2,1-4H3. The molecule has 0 aliphatic carbocycles. The van der Waals surface area contributed by atoms with Gasteiger partial charge in [0.25, 0.3) is 0 Å². The number of ether oxygens (including phenoxy) is 2. The zero-order chi connectivity index (χ0) is 15.5. The summed E-state index contributed by atoms with van der Waals surface area (Å²) in [6.07, 6.45) is 1.20. The third-order valence-electron chi connectivity index (χ3n) is 3.82. The van der Waals surface area contributed by atoms with E-state index in [2.05, 4.69) is 5.32 Å². The molecule has 1 aliphatic heterocycles. The average Bonchev–Trinajstić information content (AvgIpc) is 2.37. The molecule has 1 heterocycles. The van der Waals surface area contributed by atoms with Gasteiger partial charge in [-0.15, -0.1) is 0 Å². The zero-order valence-corrected chi connectivity index (χ0v) is 13.4. The maximum absolute atomic E-state index is 12.6. The molecule has 1 aromatic rings. The van der Waals surface area contributed by atoms with Crippen molar-refractivity contribution in [3.8, 4) is 0 Å². The van der Waals surface area contributed by atoms with E-state index in [-0.39, 0.29) is 11.6 Å². The SMILES string of the molecule is CCOC(=O)C1(Nc2cccc(C)c2)CCOC(C)(C)C1. The number of hydrogen-bond donors (Lipinski definition) is 1. The Bertz CT molecular complexity index is 513. The molecule has 1 unspecified atom stereocenters. The highest BCUT2D eigenvalue weighted by atomic mass is 16.5. The van der Waals surface area contributed by atoms with Crippen LogP contribution in [0.3, 0.4) is 0 Å². The Balaban J connectivity index is 2.29. The fourth-order valence-electron chi connectivity index (χ4n) is 2.97. The van der Waals surface area contributed by atoms with Gasteiger partial charge in [0.05, 0.1) is 18.8 Å². The lowest BCUT2D eigenvalue weighted by Gasteiger charge is -2.43. The Morgan fingerprint density at radius 2 is 2.19 bits per heavy atom. The molecule has 0 bridgehead atoms. The summed E-state index contributed by atoms with van der Waals surface area (Å²) in [5.74, 6) is -0.192. The Morgan fingerprint density at radius 3 is 2.81 bits per heavy atom. The van der Waals surface area contributed by atoms with E-state index in [0.717, 1.165) is 11.3 Å². The van der Waals surface area contributed by atoms with Gasteiger partial charge in [-0.3, -0.25) is 0 Å². The van der Waals surface area contributed by atoms with Crippen LogP contribution in [0.2, 0.25) is 0 Å². The minimum absolute atomic E-state index is 0.192. The molecule has 4 heteroatoms. The predicted octanol–water partition coefficient (Wildman–Crippen LogP) is 3.30. The molecule has 4 nitrogen and oxygen atoms in total. The van der Waals surface area contributed by atoms with Crippen LogP contribution >= 0.6 is 0 Å². The van der Waals surface area contributed by atoms with Crippen LogP contribution in [-0.4, -0.2) is 30.3 Å². The van der Waals surface area contributed by atoms with Crippen molar-refractivity contribution in [2.45, 2.75) is 51.7 Å². The number of esters is 1. The van der Waals surface area contributed by atoms with Gasteiger partial charge in [0.15, 0.2) is 0 Å². The average molecular weight is 291 g/mol. The van der Waals surface area contributed by atoms with E-state index in [1.807, 2.05) is 52.0 Å². The van der Waals surface area contributed by atoms with Crippen LogP contribution in [0.5, 0.6) is 0 Å². The van der Waals surface area contributed by atoms with Crippen LogP contribution < -0.4 is 5.32 Å². The molecule has 0 aromatic heterocycles. The van der Waals surface area contributed by atoms with E-state index in [1.165, 1.54) is 0 Å². The highest BCUT2D eigenvalue weighted by Crippen LogP contribution is 2.36. The van der Waals surface area contributed by atoms with Crippen molar-refractivity contribution in [2.75, 3.05) is 18.5 Å². The van der Waals surface area contributed by atoms with E-state index in [0.29, 0.717) is 26.1 Å². The lowest BCUT2D eigenvalue weighted by atomic mass is 9.81. The molecule has 0 amide bonds. The number of carbonyl (C=O) groups excluding carboxylic acids is 1. The molecular weight excluding hydrogens is 266 g/mol. The van der Waals surface area contributed by atoms with E-state index >= 15 is 0 Å². The number of rotatable bonds is 4. The number of hydrogen-bond acceptors (Lipinski definition) is 4. The van der Waals surface area contributed by atoms with Gasteiger partial charge >= 0.3 is 5.97 Å². The van der Waals surface area contributed by atoms with Gasteiger partial charge in [0.2, 0.25) is 0 Å². The highest BCUT2D eigenvalue weighted by Gasteiger charge is 2.47. The third kappa shape index (κ3) is 3.76. The first-order valence-electron chi connectivity index (χ1n) is 7.53. The molecule has 1 aliphatic rings. The molecule has 21 heavy (non-hydrogen) atoms. The van der Waals surface area contributed by atoms with Gasteiger partial charge in [-0.2, -0.15) is 0 Å². The van der Waals surface area contributed by atoms with Gasteiger partial charge in [0, 0.05) is 18.5 Å². The largest absolute Gasteiger partial charge is 0.464 e. The second-order valence-electron chi connectivity index (χ2n) is 6.33. The third-order valence-corrected chi connectivity index (χ3v) is 3.82. The number of nitrogens with one attached hydrogen (secondary N) is 1. The predicted molar refractivity (Wildman–Crippen MR) is 83.4 cm³/mol. The summed E-state index contributed by atoms with van der Waals surface area (Å²) in [5, 5.41) is 3.42. The zero-order valence-electron chi connectivity index (χ0n) is 13.4. The molecule has 1 atom stereocenters. The van der Waals surface area contributed by atoms with Crippen molar-refractivity contribution in [1.29, 1.82) is 0 Å². The van der Waals surface area contributed by atoms with Gasteiger partial charge in [0.1, 0.15) is 5.54 Å². The number of carbonyl (C=O) groups is 1. The van der Waals surface area contributed by atoms with E-state index in [9.17, 15) is 4.79 Å². The summed E-state index contributed by atoms with van der Waals surface area (Å²) >= 11 is 0. The lowest BCUT2D eigenvalue weighted by molar-refractivity contribution is -0.158. The summed E-state index contributed by atoms with van der Waals surface area (Å²) in [6, 6.07) is 8.05. The maximum atomic E-state index is 12.6. The molecule has 1 fully saturated rings. The maximum Gasteiger partial charge on any atom is 0.331 e. The van der Waals surface area contributed by atoms with Crippen LogP contribution in [0.25, 0.3) is 0 Å². The lowest BCUT2D eigenvalue weighted by Crippen LogP contribution is -2.56. The van der Waals surface area contributed by atoms with Crippen LogP contribution in [0, 0.1) is 6.92 Å². The quantitative estimate of drug-likeness (QED) is 0.865. The van der Waals surface area contributed by atoms with Crippen LogP contribution in [-0.2, 0) is 14.3 Å². The van der Waals surface area contributed by atoms with Gasteiger partial charge in [-0.05, 0) is 45.4 Å². The first-order valence-corrected chi connectivity index (χ1v) is 7.53. The van der Waals surface area contributed by atoms with E-state index in [1.54, 1.807) is 0 Å². The Hall–Kier alpha value is -1.55. The number of aryl methyl sites for hydroxylation is 1. The highest BCUT2D eigenvalue weighted by molar-refractivity contribution is 5.85. The summed E-state index contributed by atoms with van der Waals surface area (Å²) in [4.78, 5) is 12.6. The molecule has 1 saturated heterocycles. The number of benzene rings is 1. The molecule has 0 radical (unpaired) electrons. The minimum Gasteiger partial charge on any atom is -0.464 e. The summed E-state index contributed by atoms with van der Waals surface area (Å²) < 4.78 is 11.1. The van der Waals surface area contributed by atoms with Crippen molar-refractivity contribution >= 4 is 11.7 Å². The normalized spacial score (nSPS) is 24.4. The van der Waals surface area contributed by atoms with Gasteiger partial charge in [-0.1, -0.05) is 12.1 Å². The van der Waals surface area contributed by atoms with E-state index in [4.69, 9.17) is 9.47 Å². The second kappa shape index (κ2) is 6.06. The second-order valence-corrected chi connectivity index (χ2v) is 6.33. The molecule has 2 rings (SSSR count). The summed E-state index contributed by atoms with van der Waals surface area (Å²) in [5.41, 5.74) is 1.04. The van der Waals surface area contributed by atoms with Crippen LogP contribution in [0.4, 0.5) is 5.69 Å². The monoisotopic (exact) mass is 291 g/mol. The molecule has 116 valence electrons. The Kier molecular flexibility index (Phi) is 4.57. The summed E-state index contributed by atoms with van der Waals surface area (Å²) in [7, 11) is 0. The van der Waals surface area contributed by atoms with Crippen molar-refractivity contribution in [1.82, 2.24) is 0 Å². The molecular formula is C17H25NO3. The van der Waals surface area contributed by atoms with Crippen LogP contribution in [0.15, 0.2) is 24.3 Å². The molecule has 0 spiro atoms. The number of anilines is 1. The van der Waals surface area contributed by atoms with Gasteiger partial charge in [-0.25, -0.2) is 4.79 Å². The molecule has 1 aromatic carbocycles. The fourth-order valence-corrected chi connectivity index (χ4v) is 2.97. The van der Waals surface area contributed by atoms with Crippen molar-refractivity contribution in [2.24, 2.45) is 0 Å². The topological polar surface area (TPSA) is 47.6 Å². The van der Waals surface area contributed by atoms with Crippen molar-refractivity contribution < 1.29 is 14.3 Å².